The molecule has 0 amide bonds. The van der Waals surface area contributed by atoms with Crippen molar-refractivity contribution in [1.82, 2.24) is 0 Å². The number of benzene rings is 3. The minimum atomic E-state index is -5.64. The van der Waals surface area contributed by atoms with Crippen molar-refractivity contribution in [1.29, 1.82) is 0 Å². The molecule has 36 heavy (non-hydrogen) atoms. The van der Waals surface area contributed by atoms with Crippen molar-refractivity contribution in [3.63, 3.8) is 0 Å². The Morgan fingerprint density at radius 2 is 0.444 bits per heavy atom. The molecule has 192 valence electrons. The van der Waals surface area contributed by atoms with E-state index in [0.29, 0.717) is 0 Å². The van der Waals surface area contributed by atoms with Crippen LogP contribution >= 0.6 is 0 Å². The summed E-state index contributed by atoms with van der Waals surface area (Å²) in [4.78, 5) is 0. The van der Waals surface area contributed by atoms with Crippen LogP contribution in [0.4, 0.5) is 65.9 Å². The second-order valence-electron chi connectivity index (χ2n) is 7.12. The van der Waals surface area contributed by atoms with Gasteiger partial charge in [-0.2, -0.15) is 0 Å². The van der Waals surface area contributed by atoms with E-state index in [4.69, 9.17) is 0 Å². The summed E-state index contributed by atoms with van der Waals surface area (Å²) in [5, 5.41) is 0. The summed E-state index contributed by atoms with van der Waals surface area (Å²) in [6.07, 6.45) is -5.64. The van der Waals surface area contributed by atoms with Crippen molar-refractivity contribution < 1.29 is 65.9 Å². The van der Waals surface area contributed by atoms with Gasteiger partial charge in [-0.15, -0.1) is 23.0 Å². The molecular formula is C20H3BF15-. The molecule has 0 aromatic heterocycles. The zero-order valence-electron chi connectivity index (χ0n) is 16.5. The number of rotatable bonds is 4. The van der Waals surface area contributed by atoms with Crippen LogP contribution in [0.2, 0.25) is 0 Å². The summed E-state index contributed by atoms with van der Waals surface area (Å²) >= 11 is 0. The van der Waals surface area contributed by atoms with Gasteiger partial charge in [0.25, 0.3) is 0 Å². The predicted octanol–water partition coefficient (Wildman–Crippen LogP) is 4.97. The number of halogens is 15. The van der Waals surface area contributed by atoms with Crippen LogP contribution in [0, 0.1) is 87.3 Å². The van der Waals surface area contributed by atoms with E-state index in [1.54, 1.807) is 0 Å². The van der Waals surface area contributed by atoms with Gasteiger partial charge in [0, 0.05) is 0 Å². The Balaban J connectivity index is 2.85. The van der Waals surface area contributed by atoms with Crippen molar-refractivity contribution in [2.75, 3.05) is 0 Å². The Morgan fingerprint density at radius 3 is 0.583 bits per heavy atom. The number of hydrogen-bond acceptors (Lipinski definition) is 0. The molecule has 0 atom stereocenters. The van der Waals surface area contributed by atoms with Gasteiger partial charge in [0.1, 0.15) is 41.0 Å². The van der Waals surface area contributed by atoms with Gasteiger partial charge < -0.3 is 0 Å². The molecule has 0 radical (unpaired) electrons. The highest BCUT2D eigenvalue weighted by atomic mass is 19.2. The molecule has 0 bridgehead atoms. The highest BCUT2D eigenvalue weighted by Crippen LogP contribution is 2.28. The van der Waals surface area contributed by atoms with Crippen LogP contribution in [0.15, 0.2) is 12.6 Å². The molecule has 0 saturated heterocycles. The Hall–Kier alpha value is -3.59. The van der Waals surface area contributed by atoms with Crippen LogP contribution in [0.25, 0.3) is 0 Å². The third kappa shape index (κ3) is 3.29. The van der Waals surface area contributed by atoms with Crippen molar-refractivity contribution in [2.45, 2.75) is 0 Å². The van der Waals surface area contributed by atoms with Gasteiger partial charge in [-0.1, -0.05) is 0 Å². The van der Waals surface area contributed by atoms with Gasteiger partial charge in [0.15, 0.2) is 52.4 Å². The quantitative estimate of drug-likeness (QED) is 0.190. The second kappa shape index (κ2) is 8.82. The molecule has 3 aromatic carbocycles. The van der Waals surface area contributed by atoms with Gasteiger partial charge in [-0.3, -0.25) is 0 Å². The first kappa shape index (κ1) is 27.0. The molecule has 0 N–H and O–H groups in total. The van der Waals surface area contributed by atoms with E-state index in [2.05, 4.69) is 6.58 Å². The zero-order valence-corrected chi connectivity index (χ0v) is 16.5. The molecular weight excluding hydrogens is 536 g/mol. The fourth-order valence-electron chi connectivity index (χ4n) is 3.85. The normalized spacial score (nSPS) is 11.9. The summed E-state index contributed by atoms with van der Waals surface area (Å²) in [6.45, 7) is 2.67. The maximum atomic E-state index is 14.8. The summed E-state index contributed by atoms with van der Waals surface area (Å²) in [5.74, 6) is -46.2. The van der Waals surface area contributed by atoms with E-state index in [9.17, 15) is 65.9 Å². The first-order valence-electron chi connectivity index (χ1n) is 8.94. The van der Waals surface area contributed by atoms with E-state index in [-0.39, 0.29) is 0 Å². The second-order valence-corrected chi connectivity index (χ2v) is 7.12. The van der Waals surface area contributed by atoms with Crippen LogP contribution in [0.3, 0.4) is 0 Å². The first-order valence-corrected chi connectivity index (χ1v) is 8.94. The van der Waals surface area contributed by atoms with Crippen LogP contribution in [0.1, 0.15) is 0 Å². The summed E-state index contributed by atoms with van der Waals surface area (Å²) in [6, 6.07) is 0. The molecule has 0 heterocycles. The Bertz CT molecular complexity index is 1210. The largest absolute Gasteiger partial charge is 0.238 e. The van der Waals surface area contributed by atoms with Crippen molar-refractivity contribution in [3.05, 3.63) is 99.8 Å². The minimum Gasteiger partial charge on any atom is -0.238 e. The van der Waals surface area contributed by atoms with Crippen LogP contribution in [-0.2, 0) is 0 Å². The Morgan fingerprint density at radius 1 is 0.306 bits per heavy atom. The first-order chi connectivity index (χ1) is 16.6. The monoisotopic (exact) mass is 539 g/mol. The van der Waals surface area contributed by atoms with E-state index in [1.165, 1.54) is 0 Å². The smallest absolute Gasteiger partial charge is 0.200 e. The Labute approximate surface area is 189 Å². The zero-order chi connectivity index (χ0) is 27.6. The third-order valence-corrected chi connectivity index (χ3v) is 5.45. The SMILES string of the molecule is C=C[B-](c1c(F)c(F)c(F)c(F)c1F)(c1c(F)c(F)c(F)c(F)c1F)c1c(F)c(F)c(F)c(F)c1F. The molecule has 0 unspecified atom stereocenters. The minimum absolute atomic E-state index is 0.463. The standard InChI is InChI=1S/C20H3BF15/c1-2-21(3-6(22)12(28)18(34)13(29)7(3)23,4-8(24)14(30)19(35)15(31)9(4)25)5-10(26)16(32)20(36)17(33)11(5)27/h2H,1H2/q-1. The molecule has 16 heteroatoms. The highest BCUT2D eigenvalue weighted by molar-refractivity contribution is 7.15. The molecule has 0 aliphatic heterocycles. The molecule has 3 rings (SSSR count). The van der Waals surface area contributed by atoms with Crippen molar-refractivity contribution in [3.8, 4) is 0 Å². The molecule has 3 aromatic rings. The molecule has 0 aliphatic carbocycles. The predicted molar refractivity (Wildman–Crippen MR) is 93.5 cm³/mol. The molecule has 0 saturated carbocycles. The van der Waals surface area contributed by atoms with Crippen molar-refractivity contribution in [2.24, 2.45) is 0 Å². The summed E-state index contributed by atoms with van der Waals surface area (Å²) in [7, 11) is 0. The van der Waals surface area contributed by atoms with Crippen LogP contribution in [0.5, 0.6) is 0 Å². The lowest BCUT2D eigenvalue weighted by Gasteiger charge is -2.41. The topological polar surface area (TPSA) is 0 Å². The Kier molecular flexibility index (Phi) is 6.61. The lowest BCUT2D eigenvalue weighted by atomic mass is 9.15. The fraction of sp³-hybridized carbons (Fsp3) is 0. The molecule has 0 spiro atoms. The summed E-state index contributed by atoms with van der Waals surface area (Å²) < 4.78 is 213. The highest BCUT2D eigenvalue weighted by Gasteiger charge is 2.46. The average Bonchev–Trinajstić information content (AvgIpc) is 2.85. The van der Waals surface area contributed by atoms with Gasteiger partial charge in [0.2, 0.25) is 0 Å². The molecule has 0 aliphatic rings. The van der Waals surface area contributed by atoms with Gasteiger partial charge >= 0.3 is 0 Å². The van der Waals surface area contributed by atoms with Crippen LogP contribution < -0.4 is 16.4 Å². The van der Waals surface area contributed by atoms with E-state index in [1.807, 2.05) is 0 Å². The van der Waals surface area contributed by atoms with E-state index < -0.39 is 116 Å². The van der Waals surface area contributed by atoms with Gasteiger partial charge in [-0.05, 0) is 0 Å². The lowest BCUT2D eigenvalue weighted by molar-refractivity contribution is 0.380. The summed E-state index contributed by atoms with van der Waals surface area (Å²) in [5.41, 5.74) is -8.14. The number of hydrogen-bond donors (Lipinski definition) is 0. The third-order valence-electron chi connectivity index (χ3n) is 5.45. The average molecular weight is 539 g/mol. The molecule has 0 nitrogen and oxygen atoms in total. The maximum Gasteiger partial charge on any atom is 0.200 e. The molecule has 0 fully saturated rings. The van der Waals surface area contributed by atoms with Crippen molar-refractivity contribution >= 4 is 22.5 Å². The van der Waals surface area contributed by atoms with E-state index in [0.717, 1.165) is 0 Å². The van der Waals surface area contributed by atoms with Gasteiger partial charge in [0.05, 0.1) is 0 Å². The lowest BCUT2D eigenvalue weighted by Crippen LogP contribution is -2.72. The van der Waals surface area contributed by atoms with Gasteiger partial charge in [-0.25, -0.2) is 71.8 Å². The van der Waals surface area contributed by atoms with E-state index >= 15 is 0 Å². The fourth-order valence-corrected chi connectivity index (χ4v) is 3.85. The maximum absolute atomic E-state index is 14.8. The van der Waals surface area contributed by atoms with Crippen LogP contribution in [-0.4, -0.2) is 6.15 Å².